The van der Waals surface area contributed by atoms with Crippen LogP contribution < -0.4 is 5.48 Å². The minimum absolute atomic E-state index is 0.0774. The minimum atomic E-state index is -0.972. The molecule has 0 aliphatic heterocycles. The Labute approximate surface area is 115 Å². The highest BCUT2D eigenvalue weighted by atomic mass is 19.2. The van der Waals surface area contributed by atoms with Gasteiger partial charge in [-0.15, -0.1) is 0 Å². The van der Waals surface area contributed by atoms with Gasteiger partial charge in [0, 0.05) is 0 Å². The zero-order valence-corrected chi connectivity index (χ0v) is 10.6. The lowest BCUT2D eigenvalue weighted by molar-refractivity contribution is -0.133. The van der Waals surface area contributed by atoms with Gasteiger partial charge in [0.2, 0.25) is 5.91 Å². The Morgan fingerprint density at radius 2 is 1.75 bits per heavy atom. The van der Waals surface area contributed by atoms with Crippen LogP contribution in [-0.4, -0.2) is 5.91 Å². The molecule has 1 amide bonds. The Hall–Kier alpha value is -2.27. The van der Waals surface area contributed by atoms with E-state index < -0.39 is 17.5 Å². The van der Waals surface area contributed by atoms with Gasteiger partial charge in [-0.25, -0.2) is 14.3 Å². The quantitative estimate of drug-likeness (QED) is 0.853. The zero-order valence-electron chi connectivity index (χ0n) is 10.6. The van der Waals surface area contributed by atoms with Crippen molar-refractivity contribution in [2.75, 3.05) is 0 Å². The number of halogens is 2. The van der Waals surface area contributed by atoms with Crippen molar-refractivity contribution >= 4 is 5.91 Å². The molecule has 0 aromatic heterocycles. The van der Waals surface area contributed by atoms with Gasteiger partial charge in [-0.3, -0.25) is 9.63 Å². The molecule has 3 nitrogen and oxygen atoms in total. The lowest BCUT2D eigenvalue weighted by Gasteiger charge is -2.06. The third-order valence-corrected chi connectivity index (χ3v) is 2.62. The number of carbonyl (C=O) groups is 1. The van der Waals surface area contributed by atoms with Crippen molar-refractivity contribution in [1.82, 2.24) is 5.48 Å². The Kier molecular flexibility index (Phi) is 4.79. The zero-order chi connectivity index (χ0) is 14.4. The Bertz CT molecular complexity index is 588. The molecular formula is C15H13F2NO2. The second-order valence-electron chi connectivity index (χ2n) is 4.22. The molecule has 0 heterocycles. The molecule has 0 spiro atoms. The van der Waals surface area contributed by atoms with E-state index >= 15 is 0 Å². The van der Waals surface area contributed by atoms with E-state index in [0.29, 0.717) is 5.56 Å². The van der Waals surface area contributed by atoms with Gasteiger partial charge in [-0.2, -0.15) is 0 Å². The minimum Gasteiger partial charge on any atom is -0.272 e. The summed E-state index contributed by atoms with van der Waals surface area (Å²) in [5, 5.41) is 0. The number of nitrogens with one attached hydrogen (secondary N) is 1. The van der Waals surface area contributed by atoms with Crippen LogP contribution in [0.15, 0.2) is 48.5 Å². The average Bonchev–Trinajstić information content (AvgIpc) is 2.44. The van der Waals surface area contributed by atoms with E-state index in [-0.39, 0.29) is 13.0 Å². The van der Waals surface area contributed by atoms with Crippen molar-refractivity contribution in [3.05, 3.63) is 71.3 Å². The molecular weight excluding hydrogens is 264 g/mol. The topological polar surface area (TPSA) is 38.3 Å². The summed E-state index contributed by atoms with van der Waals surface area (Å²) in [4.78, 5) is 16.6. The molecule has 1 N–H and O–H groups in total. The van der Waals surface area contributed by atoms with E-state index in [9.17, 15) is 13.6 Å². The third kappa shape index (κ3) is 4.13. The van der Waals surface area contributed by atoms with Crippen LogP contribution in [0.1, 0.15) is 11.1 Å². The summed E-state index contributed by atoms with van der Waals surface area (Å²) in [6, 6.07) is 12.7. The van der Waals surface area contributed by atoms with Gasteiger partial charge in [0.1, 0.15) is 0 Å². The maximum Gasteiger partial charge on any atom is 0.247 e. The second-order valence-corrected chi connectivity index (χ2v) is 4.22. The van der Waals surface area contributed by atoms with Crippen LogP contribution in [-0.2, 0) is 22.7 Å². The summed E-state index contributed by atoms with van der Waals surface area (Å²) < 4.78 is 25.7. The van der Waals surface area contributed by atoms with Crippen LogP contribution in [0, 0.1) is 11.6 Å². The highest BCUT2D eigenvalue weighted by molar-refractivity contribution is 5.77. The van der Waals surface area contributed by atoms with E-state index in [2.05, 4.69) is 5.48 Å². The lowest BCUT2D eigenvalue weighted by atomic mass is 10.1. The van der Waals surface area contributed by atoms with E-state index in [1.807, 2.05) is 30.3 Å². The monoisotopic (exact) mass is 277 g/mol. The molecule has 104 valence electrons. The molecule has 0 fully saturated rings. The number of hydroxylamine groups is 1. The first kappa shape index (κ1) is 14.1. The summed E-state index contributed by atoms with van der Waals surface area (Å²) in [7, 11) is 0. The lowest BCUT2D eigenvalue weighted by Crippen LogP contribution is -2.25. The van der Waals surface area contributed by atoms with Gasteiger partial charge in [-0.1, -0.05) is 36.4 Å². The molecule has 0 unspecified atom stereocenters. The molecule has 2 rings (SSSR count). The smallest absolute Gasteiger partial charge is 0.247 e. The largest absolute Gasteiger partial charge is 0.272 e. The number of hydrogen-bond donors (Lipinski definition) is 1. The molecule has 0 saturated heterocycles. The molecule has 0 aliphatic carbocycles. The van der Waals surface area contributed by atoms with Crippen molar-refractivity contribution in [3.8, 4) is 0 Å². The first-order valence-corrected chi connectivity index (χ1v) is 6.03. The fourth-order valence-corrected chi connectivity index (χ4v) is 1.65. The van der Waals surface area contributed by atoms with Gasteiger partial charge < -0.3 is 0 Å². The molecule has 2 aromatic rings. The number of benzene rings is 2. The number of hydrogen-bond acceptors (Lipinski definition) is 2. The Morgan fingerprint density at radius 3 is 2.45 bits per heavy atom. The third-order valence-electron chi connectivity index (χ3n) is 2.62. The number of carbonyl (C=O) groups excluding carboxylic acids is 1. The SMILES string of the molecule is O=C(Cc1ccc(F)c(F)c1)NOCc1ccccc1. The van der Waals surface area contributed by atoms with Gasteiger partial charge in [-0.05, 0) is 23.3 Å². The first-order chi connectivity index (χ1) is 9.65. The van der Waals surface area contributed by atoms with E-state index in [1.165, 1.54) is 6.07 Å². The predicted octanol–water partition coefficient (Wildman–Crippen LogP) is 2.76. The highest BCUT2D eigenvalue weighted by Gasteiger charge is 2.07. The van der Waals surface area contributed by atoms with Crippen LogP contribution in [0.5, 0.6) is 0 Å². The fourth-order valence-electron chi connectivity index (χ4n) is 1.65. The second kappa shape index (κ2) is 6.77. The summed E-state index contributed by atoms with van der Waals surface area (Å²) in [6.45, 7) is 0.240. The molecule has 0 radical (unpaired) electrons. The van der Waals surface area contributed by atoms with Crippen molar-refractivity contribution in [2.24, 2.45) is 0 Å². The van der Waals surface area contributed by atoms with Gasteiger partial charge in [0.05, 0.1) is 13.0 Å². The molecule has 5 heteroatoms. The van der Waals surface area contributed by atoms with E-state index in [1.54, 1.807) is 0 Å². The summed E-state index contributed by atoms with van der Waals surface area (Å²) in [5.41, 5.74) is 3.56. The van der Waals surface area contributed by atoms with Crippen molar-refractivity contribution < 1.29 is 18.4 Å². The fraction of sp³-hybridized carbons (Fsp3) is 0.133. The van der Waals surface area contributed by atoms with Gasteiger partial charge in [0.25, 0.3) is 0 Å². The predicted molar refractivity (Wildman–Crippen MR) is 69.4 cm³/mol. The maximum absolute atomic E-state index is 13.0. The van der Waals surface area contributed by atoms with Crippen molar-refractivity contribution in [3.63, 3.8) is 0 Å². The first-order valence-electron chi connectivity index (χ1n) is 6.03. The van der Waals surface area contributed by atoms with Gasteiger partial charge >= 0.3 is 0 Å². The highest BCUT2D eigenvalue weighted by Crippen LogP contribution is 2.09. The van der Waals surface area contributed by atoms with Gasteiger partial charge in [0.15, 0.2) is 11.6 Å². The van der Waals surface area contributed by atoms with Crippen LogP contribution in [0.4, 0.5) is 8.78 Å². The van der Waals surface area contributed by atoms with E-state index in [0.717, 1.165) is 17.7 Å². The summed E-state index contributed by atoms with van der Waals surface area (Å²) in [5.74, 6) is -2.33. The molecule has 0 saturated carbocycles. The Balaban J connectivity index is 1.79. The molecule has 0 atom stereocenters. The molecule has 20 heavy (non-hydrogen) atoms. The standard InChI is InChI=1S/C15H13F2NO2/c16-13-7-6-12(8-14(13)17)9-15(19)18-20-10-11-4-2-1-3-5-11/h1-8H,9-10H2,(H,18,19). The van der Waals surface area contributed by atoms with Crippen LogP contribution in [0.2, 0.25) is 0 Å². The van der Waals surface area contributed by atoms with E-state index in [4.69, 9.17) is 4.84 Å². The normalized spacial score (nSPS) is 10.3. The maximum atomic E-state index is 13.0. The van der Waals surface area contributed by atoms with Crippen LogP contribution >= 0.6 is 0 Å². The molecule has 0 bridgehead atoms. The van der Waals surface area contributed by atoms with Crippen molar-refractivity contribution in [1.29, 1.82) is 0 Å². The Morgan fingerprint density at radius 1 is 1.00 bits per heavy atom. The summed E-state index contributed by atoms with van der Waals surface area (Å²) in [6.07, 6.45) is -0.0774. The summed E-state index contributed by atoms with van der Waals surface area (Å²) >= 11 is 0. The average molecular weight is 277 g/mol. The molecule has 2 aromatic carbocycles. The molecule has 0 aliphatic rings. The number of amides is 1. The number of rotatable bonds is 5. The van der Waals surface area contributed by atoms with Crippen LogP contribution in [0.25, 0.3) is 0 Å². The van der Waals surface area contributed by atoms with Crippen molar-refractivity contribution in [2.45, 2.75) is 13.0 Å². The van der Waals surface area contributed by atoms with Crippen LogP contribution in [0.3, 0.4) is 0 Å².